The van der Waals surface area contributed by atoms with E-state index in [4.69, 9.17) is 4.74 Å². The lowest BCUT2D eigenvalue weighted by atomic mass is 9.99. The fraction of sp³-hybridized carbons (Fsp3) is 0.391. The van der Waals surface area contributed by atoms with Gasteiger partial charge in [0.2, 0.25) is 5.91 Å². The monoisotopic (exact) mass is 398 g/mol. The second-order valence-corrected chi connectivity index (χ2v) is 7.41. The van der Waals surface area contributed by atoms with Crippen LogP contribution in [0.25, 0.3) is 0 Å². The third-order valence-electron chi connectivity index (χ3n) is 5.35. The third kappa shape index (κ3) is 4.42. The van der Waals surface area contributed by atoms with E-state index in [0.29, 0.717) is 30.0 Å². The van der Waals surface area contributed by atoms with E-state index in [1.807, 2.05) is 6.92 Å². The first kappa shape index (κ1) is 20.8. The summed E-state index contributed by atoms with van der Waals surface area (Å²) in [6.45, 7) is 4.96. The van der Waals surface area contributed by atoms with Gasteiger partial charge >= 0.3 is 0 Å². The number of amides is 2. The van der Waals surface area contributed by atoms with Crippen molar-refractivity contribution in [2.24, 2.45) is 0 Å². The molecule has 0 bridgehead atoms. The molecule has 0 fully saturated rings. The number of methoxy groups -OCH3 is 1. The molecule has 6 heteroatoms. The highest BCUT2D eigenvalue weighted by Gasteiger charge is 2.41. The van der Waals surface area contributed by atoms with Crippen LogP contribution in [0.2, 0.25) is 0 Å². The lowest BCUT2D eigenvalue weighted by Gasteiger charge is -2.27. The lowest BCUT2D eigenvalue weighted by molar-refractivity contribution is -0.125. The SMILES string of the molecule is CCCCNC(=O)C1c2ccc(OC)cc2C(=O)N1CC(C)c1ccc(F)cc1. The van der Waals surface area contributed by atoms with Gasteiger partial charge in [0.25, 0.3) is 5.91 Å². The summed E-state index contributed by atoms with van der Waals surface area (Å²) in [6, 6.07) is 10.8. The minimum atomic E-state index is -0.678. The van der Waals surface area contributed by atoms with Crippen LogP contribution in [-0.4, -0.2) is 36.9 Å². The van der Waals surface area contributed by atoms with Crippen molar-refractivity contribution in [3.8, 4) is 5.75 Å². The Morgan fingerprint density at radius 3 is 2.62 bits per heavy atom. The molecule has 154 valence electrons. The lowest BCUT2D eigenvalue weighted by Crippen LogP contribution is -2.41. The first-order valence-corrected chi connectivity index (χ1v) is 9.98. The molecule has 1 N–H and O–H groups in total. The highest BCUT2D eigenvalue weighted by molar-refractivity contribution is 6.05. The Kier molecular flexibility index (Phi) is 6.52. The Morgan fingerprint density at radius 2 is 1.97 bits per heavy atom. The van der Waals surface area contributed by atoms with Crippen molar-refractivity contribution in [2.45, 2.75) is 38.6 Å². The van der Waals surface area contributed by atoms with E-state index in [9.17, 15) is 14.0 Å². The number of carbonyl (C=O) groups excluding carboxylic acids is 2. The highest BCUT2D eigenvalue weighted by atomic mass is 19.1. The Hall–Kier alpha value is -2.89. The normalized spacial score (nSPS) is 16.5. The van der Waals surface area contributed by atoms with Crippen LogP contribution in [0.1, 0.15) is 60.1 Å². The molecule has 0 spiro atoms. The average molecular weight is 398 g/mol. The molecule has 2 amide bonds. The molecule has 1 heterocycles. The van der Waals surface area contributed by atoms with Crippen molar-refractivity contribution in [2.75, 3.05) is 20.2 Å². The van der Waals surface area contributed by atoms with Gasteiger partial charge in [-0.2, -0.15) is 0 Å². The van der Waals surface area contributed by atoms with Gasteiger partial charge in [0, 0.05) is 18.7 Å². The number of ether oxygens (including phenoxy) is 1. The van der Waals surface area contributed by atoms with Crippen LogP contribution in [0.3, 0.4) is 0 Å². The van der Waals surface area contributed by atoms with Gasteiger partial charge in [-0.3, -0.25) is 9.59 Å². The number of unbranched alkanes of at least 4 members (excludes halogenated alkanes) is 1. The van der Waals surface area contributed by atoms with Crippen LogP contribution in [0.15, 0.2) is 42.5 Å². The Labute approximate surface area is 170 Å². The molecule has 2 unspecified atom stereocenters. The molecule has 0 aliphatic carbocycles. The van der Waals surface area contributed by atoms with Crippen LogP contribution in [0.4, 0.5) is 4.39 Å². The molecule has 2 atom stereocenters. The maximum Gasteiger partial charge on any atom is 0.255 e. The van der Waals surface area contributed by atoms with Gasteiger partial charge in [-0.1, -0.05) is 38.5 Å². The van der Waals surface area contributed by atoms with Crippen LogP contribution < -0.4 is 10.1 Å². The van der Waals surface area contributed by atoms with Crippen LogP contribution >= 0.6 is 0 Å². The molecule has 0 aromatic heterocycles. The van der Waals surface area contributed by atoms with Crippen LogP contribution in [0, 0.1) is 5.82 Å². The van der Waals surface area contributed by atoms with Gasteiger partial charge in [-0.25, -0.2) is 4.39 Å². The first-order valence-electron chi connectivity index (χ1n) is 9.98. The molecule has 1 aliphatic heterocycles. The number of hydrogen-bond donors (Lipinski definition) is 1. The molecule has 2 aromatic carbocycles. The van der Waals surface area contributed by atoms with E-state index < -0.39 is 6.04 Å². The number of carbonyl (C=O) groups is 2. The van der Waals surface area contributed by atoms with Gasteiger partial charge in [-0.05, 0) is 47.7 Å². The molecule has 0 saturated heterocycles. The summed E-state index contributed by atoms with van der Waals surface area (Å²) < 4.78 is 18.5. The van der Waals surface area contributed by atoms with Crippen molar-refractivity contribution in [1.82, 2.24) is 10.2 Å². The number of fused-ring (bicyclic) bond motifs is 1. The number of hydrogen-bond acceptors (Lipinski definition) is 3. The minimum absolute atomic E-state index is 0.0540. The quantitative estimate of drug-likeness (QED) is 0.683. The summed E-state index contributed by atoms with van der Waals surface area (Å²) in [5.74, 6) is -0.145. The van der Waals surface area contributed by atoms with E-state index in [2.05, 4.69) is 12.2 Å². The highest BCUT2D eigenvalue weighted by Crippen LogP contribution is 2.37. The maximum absolute atomic E-state index is 13.3. The van der Waals surface area contributed by atoms with Crippen molar-refractivity contribution in [3.05, 3.63) is 65.0 Å². The molecular formula is C23H27FN2O3. The molecule has 5 nitrogen and oxygen atoms in total. The molecule has 2 aromatic rings. The number of benzene rings is 2. The van der Waals surface area contributed by atoms with E-state index in [-0.39, 0.29) is 23.5 Å². The van der Waals surface area contributed by atoms with Gasteiger partial charge in [0.05, 0.1) is 7.11 Å². The van der Waals surface area contributed by atoms with Gasteiger partial charge in [-0.15, -0.1) is 0 Å². The molecule has 0 saturated carbocycles. The topological polar surface area (TPSA) is 58.6 Å². The Morgan fingerprint density at radius 1 is 1.24 bits per heavy atom. The molecule has 3 rings (SSSR count). The molecular weight excluding hydrogens is 371 g/mol. The summed E-state index contributed by atoms with van der Waals surface area (Å²) in [7, 11) is 1.55. The summed E-state index contributed by atoms with van der Waals surface area (Å²) in [5, 5.41) is 2.95. The zero-order valence-electron chi connectivity index (χ0n) is 17.1. The second-order valence-electron chi connectivity index (χ2n) is 7.41. The predicted molar refractivity (Wildman–Crippen MR) is 110 cm³/mol. The van der Waals surface area contributed by atoms with Gasteiger partial charge < -0.3 is 15.0 Å². The van der Waals surface area contributed by atoms with Crippen molar-refractivity contribution < 1.29 is 18.7 Å². The van der Waals surface area contributed by atoms with E-state index in [1.165, 1.54) is 12.1 Å². The summed E-state index contributed by atoms with van der Waals surface area (Å²) in [5.41, 5.74) is 2.10. The number of halogens is 1. The van der Waals surface area contributed by atoms with Crippen LogP contribution in [0.5, 0.6) is 5.75 Å². The predicted octanol–water partition coefficient (Wildman–Crippen LogP) is 4.05. The third-order valence-corrected chi connectivity index (χ3v) is 5.35. The average Bonchev–Trinajstić information content (AvgIpc) is 2.99. The van der Waals surface area contributed by atoms with Crippen molar-refractivity contribution >= 4 is 11.8 Å². The second kappa shape index (κ2) is 9.07. The maximum atomic E-state index is 13.3. The number of nitrogens with zero attached hydrogens (tertiary/aromatic N) is 1. The Bertz CT molecular complexity index is 882. The molecule has 0 radical (unpaired) electrons. The van der Waals surface area contributed by atoms with Crippen molar-refractivity contribution in [3.63, 3.8) is 0 Å². The fourth-order valence-electron chi connectivity index (χ4n) is 3.67. The van der Waals surface area contributed by atoms with Crippen LogP contribution in [-0.2, 0) is 4.79 Å². The summed E-state index contributed by atoms with van der Waals surface area (Å²) >= 11 is 0. The summed E-state index contributed by atoms with van der Waals surface area (Å²) in [4.78, 5) is 27.7. The van der Waals surface area contributed by atoms with Crippen molar-refractivity contribution in [1.29, 1.82) is 0 Å². The molecule has 1 aliphatic rings. The number of nitrogens with one attached hydrogen (secondary N) is 1. The van der Waals surface area contributed by atoms with E-state index in [1.54, 1.807) is 42.3 Å². The fourth-order valence-corrected chi connectivity index (χ4v) is 3.67. The van der Waals surface area contributed by atoms with Gasteiger partial charge in [0.1, 0.15) is 17.6 Å². The van der Waals surface area contributed by atoms with E-state index in [0.717, 1.165) is 18.4 Å². The molecule has 29 heavy (non-hydrogen) atoms. The zero-order valence-corrected chi connectivity index (χ0v) is 17.1. The minimum Gasteiger partial charge on any atom is -0.497 e. The summed E-state index contributed by atoms with van der Waals surface area (Å²) in [6.07, 6.45) is 1.86. The first-order chi connectivity index (χ1) is 14.0. The number of rotatable bonds is 8. The smallest absolute Gasteiger partial charge is 0.255 e. The standard InChI is InChI=1S/C23H27FN2O3/c1-4-5-12-25-22(27)21-19-11-10-18(29-3)13-20(19)23(28)26(21)14-15(2)16-6-8-17(24)9-7-16/h6-11,13,15,21H,4-5,12,14H2,1-3H3,(H,25,27). The Balaban J connectivity index is 1.89. The van der Waals surface area contributed by atoms with E-state index >= 15 is 0 Å². The zero-order chi connectivity index (χ0) is 21.0. The largest absolute Gasteiger partial charge is 0.497 e. The van der Waals surface area contributed by atoms with Gasteiger partial charge in [0.15, 0.2) is 0 Å².